The van der Waals surface area contributed by atoms with Crippen molar-refractivity contribution in [3.8, 4) is 0 Å². The van der Waals surface area contributed by atoms with Crippen molar-refractivity contribution in [2.45, 2.75) is 52.5 Å². The molecule has 0 radical (unpaired) electrons. The van der Waals surface area contributed by atoms with E-state index in [1.807, 2.05) is 11.8 Å². The van der Waals surface area contributed by atoms with Gasteiger partial charge in [0.2, 0.25) is 5.91 Å². The highest BCUT2D eigenvalue weighted by Gasteiger charge is 2.40. The molecule has 2 heterocycles. The van der Waals surface area contributed by atoms with Crippen LogP contribution in [0.25, 0.3) is 0 Å². The number of esters is 1. The highest BCUT2D eigenvalue weighted by molar-refractivity contribution is 5.83. The summed E-state index contributed by atoms with van der Waals surface area (Å²) in [6.45, 7) is 8.82. The van der Waals surface area contributed by atoms with Gasteiger partial charge in [0, 0.05) is 13.1 Å². The maximum absolute atomic E-state index is 12.7. The van der Waals surface area contributed by atoms with Gasteiger partial charge in [-0.25, -0.2) is 0 Å². The van der Waals surface area contributed by atoms with Crippen molar-refractivity contribution >= 4 is 11.9 Å². The summed E-state index contributed by atoms with van der Waals surface area (Å²) in [5, 5.41) is 3.38. The van der Waals surface area contributed by atoms with E-state index in [-0.39, 0.29) is 29.3 Å². The molecule has 2 fully saturated rings. The highest BCUT2D eigenvalue weighted by Crippen LogP contribution is 2.32. The standard InChI is InChI=1S/C16H28N2O3/c1-4-21-15(20)12-6-10-18(11-7-12)14(19)13-16(2,3)8-5-9-17-13/h12-13,17H,4-11H2,1-3H3. The number of hydrogen-bond acceptors (Lipinski definition) is 4. The van der Waals surface area contributed by atoms with Crippen molar-refractivity contribution in [3.05, 3.63) is 0 Å². The van der Waals surface area contributed by atoms with E-state index < -0.39 is 0 Å². The highest BCUT2D eigenvalue weighted by atomic mass is 16.5. The van der Waals surface area contributed by atoms with Crippen LogP contribution in [-0.4, -0.2) is 49.1 Å². The summed E-state index contributed by atoms with van der Waals surface area (Å²) in [5.74, 6) is 0.0454. The van der Waals surface area contributed by atoms with Gasteiger partial charge < -0.3 is 15.0 Å². The van der Waals surface area contributed by atoms with Crippen molar-refractivity contribution in [1.82, 2.24) is 10.2 Å². The molecule has 0 aliphatic carbocycles. The van der Waals surface area contributed by atoms with E-state index in [0.717, 1.165) is 32.2 Å². The van der Waals surface area contributed by atoms with Crippen LogP contribution >= 0.6 is 0 Å². The maximum Gasteiger partial charge on any atom is 0.309 e. The molecule has 2 rings (SSSR count). The lowest BCUT2D eigenvalue weighted by Gasteiger charge is -2.42. The van der Waals surface area contributed by atoms with Crippen molar-refractivity contribution < 1.29 is 14.3 Å². The van der Waals surface area contributed by atoms with Gasteiger partial charge in [-0.1, -0.05) is 13.8 Å². The Morgan fingerprint density at radius 3 is 2.52 bits per heavy atom. The zero-order valence-electron chi connectivity index (χ0n) is 13.5. The Bertz CT molecular complexity index is 387. The third-order valence-corrected chi connectivity index (χ3v) is 4.80. The quantitative estimate of drug-likeness (QED) is 0.803. The Morgan fingerprint density at radius 1 is 1.29 bits per heavy atom. The molecule has 0 bridgehead atoms. The van der Waals surface area contributed by atoms with E-state index in [1.54, 1.807) is 0 Å². The van der Waals surface area contributed by atoms with Crippen LogP contribution in [0.15, 0.2) is 0 Å². The first-order chi connectivity index (χ1) is 9.95. The normalized spacial score (nSPS) is 26.4. The van der Waals surface area contributed by atoms with Crippen LogP contribution in [0.5, 0.6) is 0 Å². The molecule has 1 atom stereocenters. The fourth-order valence-corrected chi connectivity index (χ4v) is 3.41. The van der Waals surface area contributed by atoms with E-state index in [1.165, 1.54) is 0 Å². The van der Waals surface area contributed by atoms with Gasteiger partial charge in [0.15, 0.2) is 0 Å². The first-order valence-electron chi connectivity index (χ1n) is 8.14. The Kier molecular flexibility index (Phi) is 5.25. The zero-order valence-corrected chi connectivity index (χ0v) is 13.5. The minimum atomic E-state index is -0.110. The van der Waals surface area contributed by atoms with Crippen LogP contribution in [0.2, 0.25) is 0 Å². The fourth-order valence-electron chi connectivity index (χ4n) is 3.41. The molecular weight excluding hydrogens is 268 g/mol. The molecule has 2 aliphatic heterocycles. The number of piperidine rings is 2. The molecule has 0 aromatic heterocycles. The number of hydrogen-bond donors (Lipinski definition) is 1. The summed E-state index contributed by atoms with van der Waals surface area (Å²) in [7, 11) is 0. The van der Waals surface area contributed by atoms with E-state index in [9.17, 15) is 9.59 Å². The van der Waals surface area contributed by atoms with Crippen LogP contribution in [0, 0.1) is 11.3 Å². The molecule has 0 aromatic carbocycles. The van der Waals surface area contributed by atoms with Crippen LogP contribution < -0.4 is 5.32 Å². The van der Waals surface area contributed by atoms with Crippen LogP contribution in [0.3, 0.4) is 0 Å². The smallest absolute Gasteiger partial charge is 0.309 e. The van der Waals surface area contributed by atoms with E-state index in [2.05, 4.69) is 19.2 Å². The summed E-state index contributed by atoms with van der Waals surface area (Å²) in [6.07, 6.45) is 3.65. The van der Waals surface area contributed by atoms with Crippen molar-refractivity contribution in [3.63, 3.8) is 0 Å². The number of carbonyl (C=O) groups excluding carboxylic acids is 2. The molecule has 0 aromatic rings. The zero-order chi connectivity index (χ0) is 15.5. The number of ether oxygens (including phenoxy) is 1. The first-order valence-corrected chi connectivity index (χ1v) is 8.14. The monoisotopic (exact) mass is 296 g/mol. The van der Waals surface area contributed by atoms with Crippen molar-refractivity contribution in [1.29, 1.82) is 0 Å². The number of nitrogens with one attached hydrogen (secondary N) is 1. The molecule has 5 nitrogen and oxygen atoms in total. The van der Waals surface area contributed by atoms with E-state index >= 15 is 0 Å². The average Bonchev–Trinajstić information content (AvgIpc) is 2.46. The molecule has 21 heavy (non-hydrogen) atoms. The maximum atomic E-state index is 12.7. The van der Waals surface area contributed by atoms with E-state index in [0.29, 0.717) is 19.7 Å². The lowest BCUT2D eigenvalue weighted by atomic mass is 9.76. The molecule has 1 N–H and O–H groups in total. The molecule has 5 heteroatoms. The van der Waals surface area contributed by atoms with Gasteiger partial charge in [-0.15, -0.1) is 0 Å². The van der Waals surface area contributed by atoms with Crippen LogP contribution in [0.4, 0.5) is 0 Å². The summed E-state index contributed by atoms with van der Waals surface area (Å²) >= 11 is 0. The lowest BCUT2D eigenvalue weighted by Crippen LogP contribution is -2.57. The Hall–Kier alpha value is -1.10. The summed E-state index contributed by atoms with van der Waals surface area (Å²) in [6, 6.07) is -0.0922. The molecular formula is C16H28N2O3. The Balaban J connectivity index is 1.89. The topological polar surface area (TPSA) is 58.6 Å². The van der Waals surface area contributed by atoms with Gasteiger partial charge in [0.25, 0.3) is 0 Å². The number of likely N-dealkylation sites (tertiary alicyclic amines) is 1. The third-order valence-electron chi connectivity index (χ3n) is 4.80. The molecule has 1 amide bonds. The molecule has 0 spiro atoms. The predicted molar refractivity (Wildman–Crippen MR) is 80.7 cm³/mol. The van der Waals surface area contributed by atoms with Gasteiger partial charge in [-0.05, 0) is 44.6 Å². The van der Waals surface area contributed by atoms with Gasteiger partial charge in [-0.3, -0.25) is 9.59 Å². The minimum absolute atomic E-state index is 0.00726. The van der Waals surface area contributed by atoms with Crippen molar-refractivity contribution in [2.24, 2.45) is 11.3 Å². The second kappa shape index (κ2) is 6.77. The third kappa shape index (κ3) is 3.76. The molecule has 2 aliphatic rings. The van der Waals surface area contributed by atoms with Gasteiger partial charge in [-0.2, -0.15) is 0 Å². The number of carbonyl (C=O) groups is 2. The second-order valence-electron chi connectivity index (χ2n) is 6.83. The fraction of sp³-hybridized carbons (Fsp3) is 0.875. The van der Waals surface area contributed by atoms with Crippen molar-refractivity contribution in [2.75, 3.05) is 26.2 Å². The van der Waals surface area contributed by atoms with E-state index in [4.69, 9.17) is 4.74 Å². The lowest BCUT2D eigenvalue weighted by molar-refractivity contribution is -0.152. The largest absolute Gasteiger partial charge is 0.466 e. The Morgan fingerprint density at radius 2 is 1.95 bits per heavy atom. The van der Waals surface area contributed by atoms with Gasteiger partial charge >= 0.3 is 5.97 Å². The summed E-state index contributed by atoms with van der Waals surface area (Å²) < 4.78 is 5.07. The predicted octanol–water partition coefficient (Wildman–Crippen LogP) is 1.57. The number of nitrogens with zero attached hydrogens (tertiary/aromatic N) is 1. The molecule has 0 saturated carbocycles. The van der Waals surface area contributed by atoms with Crippen LogP contribution in [-0.2, 0) is 14.3 Å². The number of rotatable bonds is 3. The molecule has 1 unspecified atom stereocenters. The average molecular weight is 296 g/mol. The van der Waals surface area contributed by atoms with Crippen LogP contribution in [0.1, 0.15) is 46.5 Å². The molecule has 2 saturated heterocycles. The Labute approximate surface area is 127 Å². The molecule has 120 valence electrons. The summed E-state index contributed by atoms with van der Waals surface area (Å²) in [4.78, 5) is 26.4. The second-order valence-corrected chi connectivity index (χ2v) is 6.83. The number of amides is 1. The van der Waals surface area contributed by atoms with Gasteiger partial charge in [0.05, 0.1) is 18.6 Å². The summed E-state index contributed by atoms with van der Waals surface area (Å²) in [5.41, 5.74) is 0.00726. The van der Waals surface area contributed by atoms with Gasteiger partial charge in [0.1, 0.15) is 0 Å². The minimum Gasteiger partial charge on any atom is -0.466 e. The first kappa shape index (κ1) is 16.3. The SMILES string of the molecule is CCOC(=O)C1CCN(C(=O)C2NCCCC2(C)C)CC1.